The van der Waals surface area contributed by atoms with Gasteiger partial charge < -0.3 is 14.8 Å². The predicted molar refractivity (Wildman–Crippen MR) is 89.0 cm³/mol. The van der Waals surface area contributed by atoms with Crippen LogP contribution in [0.15, 0.2) is 24.3 Å². The molecule has 7 nitrogen and oxygen atoms in total. The molecule has 0 aliphatic rings. The molecule has 0 saturated carbocycles. The van der Waals surface area contributed by atoms with E-state index < -0.39 is 24.6 Å². The van der Waals surface area contributed by atoms with Gasteiger partial charge in [-0.1, -0.05) is 0 Å². The van der Waals surface area contributed by atoms with E-state index in [1.54, 1.807) is 13.8 Å². The first kappa shape index (κ1) is 19.4. The van der Waals surface area contributed by atoms with E-state index in [2.05, 4.69) is 20.3 Å². The maximum absolute atomic E-state index is 12.1. The third kappa shape index (κ3) is 5.27. The quantitative estimate of drug-likeness (QED) is 0.734. The molecule has 9 heteroatoms. The van der Waals surface area contributed by atoms with Gasteiger partial charge in [0.2, 0.25) is 0 Å². The number of benzene rings is 1. The minimum atomic E-state index is -2.92. The van der Waals surface area contributed by atoms with E-state index in [1.165, 1.54) is 31.2 Å². The average molecular weight is 367 g/mol. The summed E-state index contributed by atoms with van der Waals surface area (Å²) in [4.78, 5) is 24.1. The van der Waals surface area contributed by atoms with E-state index in [0.29, 0.717) is 11.4 Å². The van der Waals surface area contributed by atoms with Crippen molar-refractivity contribution in [2.24, 2.45) is 0 Å². The van der Waals surface area contributed by atoms with Gasteiger partial charge in [0.05, 0.1) is 12.1 Å². The molecule has 0 aliphatic heterocycles. The van der Waals surface area contributed by atoms with Crippen LogP contribution in [-0.2, 0) is 20.7 Å². The summed E-state index contributed by atoms with van der Waals surface area (Å²) in [7, 11) is 0. The van der Waals surface area contributed by atoms with Crippen molar-refractivity contribution in [1.29, 1.82) is 0 Å². The van der Waals surface area contributed by atoms with Gasteiger partial charge in [-0.05, 0) is 45.0 Å². The normalized spacial score (nSPS) is 11.9. The summed E-state index contributed by atoms with van der Waals surface area (Å²) in [6, 6.07) is 5.40. The molecule has 0 spiro atoms. The number of amides is 1. The fourth-order valence-corrected chi connectivity index (χ4v) is 2.23. The zero-order valence-corrected chi connectivity index (χ0v) is 14.5. The van der Waals surface area contributed by atoms with Crippen LogP contribution in [-0.4, -0.2) is 34.8 Å². The summed E-state index contributed by atoms with van der Waals surface area (Å²) in [6.07, 6.45) is -1.02. The lowest BCUT2D eigenvalue weighted by molar-refractivity contribution is -0.152. The summed E-state index contributed by atoms with van der Waals surface area (Å²) in [5, 5.41) is 9.30. The maximum Gasteiger partial charge on any atom is 0.387 e. The Hall–Kier alpha value is -2.97. The van der Waals surface area contributed by atoms with Crippen LogP contribution in [0.25, 0.3) is 0 Å². The maximum atomic E-state index is 12.1. The average Bonchev–Trinajstić information content (AvgIpc) is 2.88. The molecule has 0 radical (unpaired) electrons. The smallest absolute Gasteiger partial charge is 0.387 e. The topological polar surface area (TPSA) is 93.3 Å². The summed E-state index contributed by atoms with van der Waals surface area (Å²) in [5.74, 6) is -1.12. The van der Waals surface area contributed by atoms with Crippen molar-refractivity contribution in [2.75, 3.05) is 5.32 Å². The number of aryl methyl sites for hydroxylation is 2. The molecule has 0 fully saturated rings. The number of aromatic nitrogens is 2. The predicted octanol–water partition coefficient (Wildman–Crippen LogP) is 2.74. The van der Waals surface area contributed by atoms with Crippen LogP contribution >= 0.6 is 0 Å². The number of H-pyrrole nitrogens is 1. The summed E-state index contributed by atoms with van der Waals surface area (Å²) >= 11 is 0. The van der Waals surface area contributed by atoms with Crippen molar-refractivity contribution in [2.45, 2.75) is 39.9 Å². The number of nitrogens with zero attached hydrogens (tertiary/aromatic N) is 1. The van der Waals surface area contributed by atoms with E-state index in [9.17, 15) is 18.4 Å². The Bertz CT molecular complexity index is 755. The molecule has 2 rings (SSSR count). The molecule has 0 saturated heterocycles. The van der Waals surface area contributed by atoms with Crippen LogP contribution in [0, 0.1) is 13.8 Å². The third-order valence-corrected chi connectivity index (χ3v) is 3.63. The van der Waals surface area contributed by atoms with Gasteiger partial charge in [0.1, 0.15) is 5.75 Å². The summed E-state index contributed by atoms with van der Waals surface area (Å²) in [5.41, 5.74) is 2.56. The van der Waals surface area contributed by atoms with Gasteiger partial charge in [0, 0.05) is 16.9 Å². The molecule has 1 atom stereocenters. The molecule has 26 heavy (non-hydrogen) atoms. The highest BCUT2D eigenvalue weighted by Crippen LogP contribution is 2.18. The fourth-order valence-electron chi connectivity index (χ4n) is 2.23. The molecule has 1 aromatic heterocycles. The van der Waals surface area contributed by atoms with Crippen LogP contribution in [0.5, 0.6) is 5.75 Å². The number of hydrogen-bond donors (Lipinski definition) is 2. The van der Waals surface area contributed by atoms with Gasteiger partial charge in [-0.25, -0.2) is 0 Å². The van der Waals surface area contributed by atoms with Crippen LogP contribution in [0.1, 0.15) is 23.9 Å². The molecule has 1 aromatic carbocycles. The van der Waals surface area contributed by atoms with Gasteiger partial charge in [0.25, 0.3) is 5.91 Å². The molecule has 2 aromatic rings. The second-order valence-corrected chi connectivity index (χ2v) is 5.61. The Balaban J connectivity index is 1.88. The number of nitrogens with one attached hydrogen (secondary N) is 2. The molecule has 1 unspecified atom stereocenters. The van der Waals surface area contributed by atoms with E-state index in [1.807, 2.05) is 0 Å². The number of anilines is 1. The monoisotopic (exact) mass is 367 g/mol. The number of ether oxygens (including phenoxy) is 2. The number of aromatic amines is 1. The molecular formula is C17H19F2N3O4. The lowest BCUT2D eigenvalue weighted by Crippen LogP contribution is -2.30. The van der Waals surface area contributed by atoms with Gasteiger partial charge in [0.15, 0.2) is 6.10 Å². The van der Waals surface area contributed by atoms with Crippen LogP contribution in [0.2, 0.25) is 0 Å². The zero-order chi connectivity index (χ0) is 19.3. The van der Waals surface area contributed by atoms with Crippen LogP contribution < -0.4 is 10.1 Å². The van der Waals surface area contributed by atoms with E-state index >= 15 is 0 Å². The number of alkyl halides is 2. The lowest BCUT2D eigenvalue weighted by Gasteiger charge is -2.14. The molecule has 0 aliphatic carbocycles. The largest absolute Gasteiger partial charge is 0.452 e. The second-order valence-electron chi connectivity index (χ2n) is 5.61. The number of rotatable bonds is 7. The number of hydrogen-bond acceptors (Lipinski definition) is 5. The first-order valence-corrected chi connectivity index (χ1v) is 7.82. The van der Waals surface area contributed by atoms with Crippen LogP contribution in [0.3, 0.4) is 0 Å². The second kappa shape index (κ2) is 8.41. The Morgan fingerprint density at radius 2 is 1.88 bits per heavy atom. The summed E-state index contributed by atoms with van der Waals surface area (Å²) < 4.78 is 33.5. The zero-order valence-electron chi connectivity index (χ0n) is 14.5. The number of esters is 1. The Labute approximate surface area is 148 Å². The molecule has 2 N–H and O–H groups in total. The molecule has 0 bridgehead atoms. The highest BCUT2D eigenvalue weighted by atomic mass is 19.3. The fraction of sp³-hybridized carbons (Fsp3) is 0.353. The van der Waals surface area contributed by atoms with Gasteiger partial charge >= 0.3 is 12.6 Å². The number of carbonyl (C=O) groups is 2. The van der Waals surface area contributed by atoms with Crippen molar-refractivity contribution < 1.29 is 27.8 Å². The highest BCUT2D eigenvalue weighted by Gasteiger charge is 2.20. The van der Waals surface area contributed by atoms with Crippen molar-refractivity contribution >= 4 is 17.6 Å². The van der Waals surface area contributed by atoms with Crippen molar-refractivity contribution in [3.8, 4) is 5.75 Å². The first-order valence-electron chi connectivity index (χ1n) is 7.82. The van der Waals surface area contributed by atoms with Gasteiger partial charge in [-0.3, -0.25) is 14.7 Å². The Morgan fingerprint density at radius 3 is 2.42 bits per heavy atom. The third-order valence-electron chi connectivity index (χ3n) is 3.63. The van der Waals surface area contributed by atoms with Gasteiger partial charge in [-0.2, -0.15) is 13.9 Å². The molecule has 140 valence electrons. The molecular weight excluding hydrogens is 348 g/mol. The Kier molecular flexibility index (Phi) is 6.26. The van der Waals surface area contributed by atoms with Gasteiger partial charge in [-0.15, -0.1) is 0 Å². The SMILES string of the molecule is Cc1n[nH]c(C)c1CC(=O)OC(C)C(=O)Nc1ccc(OC(F)F)cc1. The van der Waals surface area contributed by atoms with Crippen LogP contribution in [0.4, 0.5) is 14.5 Å². The standard InChI is InChI=1S/C17H19F2N3O4/c1-9-14(10(2)22-21-9)8-15(23)25-11(3)16(24)20-12-4-6-13(7-5-12)26-17(18)19/h4-7,11,17H,8H2,1-3H3,(H,20,24)(H,21,22). The number of halogens is 2. The van der Waals surface area contributed by atoms with Crippen molar-refractivity contribution in [3.63, 3.8) is 0 Å². The molecule has 1 amide bonds. The van der Waals surface area contributed by atoms with Crippen molar-refractivity contribution in [3.05, 3.63) is 41.2 Å². The van der Waals surface area contributed by atoms with E-state index in [-0.39, 0.29) is 12.2 Å². The van der Waals surface area contributed by atoms with E-state index in [0.717, 1.165) is 11.3 Å². The Morgan fingerprint density at radius 1 is 1.23 bits per heavy atom. The molecule has 1 heterocycles. The lowest BCUT2D eigenvalue weighted by atomic mass is 10.1. The first-order chi connectivity index (χ1) is 12.3. The summed E-state index contributed by atoms with van der Waals surface area (Å²) in [6.45, 7) is 2.08. The van der Waals surface area contributed by atoms with E-state index in [4.69, 9.17) is 4.74 Å². The minimum Gasteiger partial charge on any atom is -0.452 e. The van der Waals surface area contributed by atoms with Crippen molar-refractivity contribution in [1.82, 2.24) is 10.2 Å². The number of carbonyl (C=O) groups excluding carboxylic acids is 2. The minimum absolute atomic E-state index is 0.00541. The highest BCUT2D eigenvalue weighted by molar-refractivity contribution is 5.95.